The standard InChI is InChI=1S/C19H17ClO4/c1-3-24-19-15(20)7-6-12-17(19)14(9-16(21)22)13-8-10(2)4-5-11(13)18(12)23/h4-8,14H,3,9H2,1-2H3,(H,21,22). The summed E-state index contributed by atoms with van der Waals surface area (Å²) >= 11 is 6.26. The summed E-state index contributed by atoms with van der Waals surface area (Å²) in [5.41, 5.74) is 3.28. The molecule has 0 fully saturated rings. The first-order valence-corrected chi connectivity index (χ1v) is 8.14. The maximum Gasteiger partial charge on any atom is 0.304 e. The molecule has 5 heteroatoms. The Balaban J connectivity index is 2.31. The minimum atomic E-state index is -0.935. The van der Waals surface area contributed by atoms with Gasteiger partial charge in [0, 0.05) is 22.6 Å². The molecule has 3 rings (SSSR count). The third kappa shape index (κ3) is 2.67. The normalized spacial score (nSPS) is 15.6. The molecule has 4 nitrogen and oxygen atoms in total. The molecule has 0 saturated heterocycles. The van der Waals surface area contributed by atoms with Crippen molar-refractivity contribution in [3.8, 4) is 5.75 Å². The third-order valence-corrected chi connectivity index (χ3v) is 4.53. The van der Waals surface area contributed by atoms with E-state index in [0.717, 1.165) is 11.1 Å². The molecule has 0 heterocycles. The van der Waals surface area contributed by atoms with Crippen molar-refractivity contribution in [3.63, 3.8) is 0 Å². The van der Waals surface area contributed by atoms with Crippen molar-refractivity contribution < 1.29 is 19.4 Å². The van der Waals surface area contributed by atoms with Gasteiger partial charge in [-0.25, -0.2) is 0 Å². The summed E-state index contributed by atoms with van der Waals surface area (Å²) in [6.45, 7) is 4.12. The highest BCUT2D eigenvalue weighted by Gasteiger charge is 2.35. The second kappa shape index (κ2) is 6.29. The molecule has 1 N–H and O–H groups in total. The van der Waals surface area contributed by atoms with Crippen LogP contribution in [0.5, 0.6) is 5.75 Å². The Morgan fingerprint density at radius 2 is 1.96 bits per heavy atom. The molecule has 0 amide bonds. The van der Waals surface area contributed by atoms with Crippen molar-refractivity contribution >= 4 is 23.4 Å². The smallest absolute Gasteiger partial charge is 0.304 e. The van der Waals surface area contributed by atoms with Crippen LogP contribution in [0.4, 0.5) is 0 Å². The molecule has 124 valence electrons. The zero-order chi connectivity index (χ0) is 17.4. The van der Waals surface area contributed by atoms with Gasteiger partial charge >= 0.3 is 5.97 Å². The zero-order valence-electron chi connectivity index (χ0n) is 13.4. The third-order valence-electron chi connectivity index (χ3n) is 4.24. The van der Waals surface area contributed by atoms with Gasteiger partial charge in [-0.1, -0.05) is 35.4 Å². The van der Waals surface area contributed by atoms with Crippen LogP contribution in [-0.2, 0) is 4.79 Å². The summed E-state index contributed by atoms with van der Waals surface area (Å²) < 4.78 is 5.66. The molecule has 0 spiro atoms. The van der Waals surface area contributed by atoms with Gasteiger partial charge in [0.25, 0.3) is 0 Å². The lowest BCUT2D eigenvalue weighted by Gasteiger charge is -2.29. The Morgan fingerprint density at radius 1 is 1.25 bits per heavy atom. The van der Waals surface area contributed by atoms with Crippen molar-refractivity contribution in [1.29, 1.82) is 0 Å². The van der Waals surface area contributed by atoms with Gasteiger partial charge in [0.15, 0.2) is 5.78 Å². The zero-order valence-corrected chi connectivity index (χ0v) is 14.2. The second-order valence-electron chi connectivity index (χ2n) is 5.84. The highest BCUT2D eigenvalue weighted by Crippen LogP contribution is 2.46. The Kier molecular flexibility index (Phi) is 4.33. The number of carboxylic acids is 1. The number of carbonyl (C=O) groups is 2. The molecule has 0 aromatic heterocycles. The number of fused-ring (bicyclic) bond motifs is 2. The van der Waals surface area contributed by atoms with Crippen molar-refractivity contribution in [2.24, 2.45) is 0 Å². The predicted octanol–water partition coefficient (Wildman–Crippen LogP) is 4.20. The number of ether oxygens (including phenoxy) is 1. The van der Waals surface area contributed by atoms with Crippen LogP contribution >= 0.6 is 11.6 Å². The fraction of sp³-hybridized carbons (Fsp3) is 0.263. The lowest BCUT2D eigenvalue weighted by Crippen LogP contribution is -2.23. The van der Waals surface area contributed by atoms with Crippen molar-refractivity contribution in [1.82, 2.24) is 0 Å². The largest absolute Gasteiger partial charge is 0.492 e. The van der Waals surface area contributed by atoms with Gasteiger partial charge in [0.1, 0.15) is 5.75 Å². The fourth-order valence-electron chi connectivity index (χ4n) is 3.27. The predicted molar refractivity (Wildman–Crippen MR) is 91.3 cm³/mol. The summed E-state index contributed by atoms with van der Waals surface area (Å²) in [6, 6.07) is 8.78. The number of carboxylic acid groups (broad SMARTS) is 1. The summed E-state index contributed by atoms with van der Waals surface area (Å²) in [5.74, 6) is -1.12. The molecule has 2 aromatic carbocycles. The van der Waals surface area contributed by atoms with E-state index in [4.69, 9.17) is 16.3 Å². The van der Waals surface area contributed by atoms with Crippen LogP contribution in [0.3, 0.4) is 0 Å². The molecule has 1 aliphatic carbocycles. The van der Waals surface area contributed by atoms with Gasteiger partial charge in [-0.15, -0.1) is 0 Å². The molecule has 1 atom stereocenters. The van der Waals surface area contributed by atoms with Crippen molar-refractivity contribution in [2.75, 3.05) is 6.61 Å². The van der Waals surface area contributed by atoms with E-state index in [2.05, 4.69) is 0 Å². The molecule has 0 saturated carbocycles. The number of benzene rings is 2. The summed E-state index contributed by atoms with van der Waals surface area (Å²) in [5, 5.41) is 9.77. The maximum atomic E-state index is 12.9. The summed E-state index contributed by atoms with van der Waals surface area (Å²) in [6.07, 6.45) is -0.128. The molecule has 2 aromatic rings. The van der Waals surface area contributed by atoms with Crippen LogP contribution in [0.2, 0.25) is 5.02 Å². The highest BCUT2D eigenvalue weighted by molar-refractivity contribution is 6.32. The maximum absolute atomic E-state index is 12.9. The van der Waals surface area contributed by atoms with E-state index in [1.807, 2.05) is 26.0 Å². The topological polar surface area (TPSA) is 63.6 Å². The molecule has 0 radical (unpaired) electrons. The molecule has 0 bridgehead atoms. The van der Waals surface area contributed by atoms with Crippen LogP contribution < -0.4 is 4.74 Å². The van der Waals surface area contributed by atoms with Gasteiger partial charge in [-0.05, 0) is 31.5 Å². The van der Waals surface area contributed by atoms with Crippen LogP contribution in [-0.4, -0.2) is 23.5 Å². The monoisotopic (exact) mass is 344 g/mol. The van der Waals surface area contributed by atoms with Crippen LogP contribution in [0.1, 0.15) is 51.9 Å². The molecular weight excluding hydrogens is 328 g/mol. The Hall–Kier alpha value is -2.33. The van der Waals surface area contributed by atoms with Gasteiger partial charge < -0.3 is 9.84 Å². The first kappa shape index (κ1) is 16.5. The van der Waals surface area contributed by atoms with Gasteiger partial charge in [0.05, 0.1) is 18.1 Å². The minimum Gasteiger partial charge on any atom is -0.492 e. The summed E-state index contributed by atoms with van der Waals surface area (Å²) in [7, 11) is 0. The molecule has 1 aliphatic rings. The lowest BCUT2D eigenvalue weighted by atomic mass is 9.75. The van der Waals surface area contributed by atoms with E-state index in [1.54, 1.807) is 18.2 Å². The number of hydrogen-bond acceptors (Lipinski definition) is 3. The van der Waals surface area contributed by atoms with E-state index in [1.165, 1.54) is 0 Å². The fourth-order valence-corrected chi connectivity index (χ4v) is 3.49. The average molecular weight is 345 g/mol. The summed E-state index contributed by atoms with van der Waals surface area (Å²) in [4.78, 5) is 24.3. The Morgan fingerprint density at radius 3 is 2.62 bits per heavy atom. The Bertz CT molecular complexity index is 842. The van der Waals surface area contributed by atoms with Gasteiger partial charge in [-0.2, -0.15) is 0 Å². The average Bonchev–Trinajstić information content (AvgIpc) is 2.53. The SMILES string of the molecule is CCOc1c(Cl)ccc2c1C(CC(=O)O)c1cc(C)ccc1C2=O. The number of aryl methyl sites for hydroxylation is 1. The molecular formula is C19H17ClO4. The highest BCUT2D eigenvalue weighted by atomic mass is 35.5. The lowest BCUT2D eigenvalue weighted by molar-refractivity contribution is -0.137. The number of halogens is 1. The number of aliphatic carboxylic acids is 1. The number of rotatable bonds is 4. The van der Waals surface area contributed by atoms with E-state index >= 15 is 0 Å². The van der Waals surface area contributed by atoms with Crippen LogP contribution in [0, 0.1) is 6.92 Å². The van der Waals surface area contributed by atoms with E-state index in [0.29, 0.717) is 34.1 Å². The van der Waals surface area contributed by atoms with E-state index in [-0.39, 0.29) is 12.2 Å². The van der Waals surface area contributed by atoms with Crippen molar-refractivity contribution in [2.45, 2.75) is 26.2 Å². The van der Waals surface area contributed by atoms with Crippen molar-refractivity contribution in [3.05, 3.63) is 63.2 Å². The quantitative estimate of drug-likeness (QED) is 0.902. The molecule has 1 unspecified atom stereocenters. The van der Waals surface area contributed by atoms with Crippen LogP contribution in [0.25, 0.3) is 0 Å². The number of carbonyl (C=O) groups excluding carboxylic acids is 1. The van der Waals surface area contributed by atoms with E-state index in [9.17, 15) is 14.7 Å². The Labute approximate surface area is 145 Å². The number of hydrogen-bond donors (Lipinski definition) is 1. The minimum absolute atomic E-state index is 0.126. The first-order chi connectivity index (χ1) is 11.4. The second-order valence-corrected chi connectivity index (χ2v) is 6.25. The molecule has 24 heavy (non-hydrogen) atoms. The van der Waals surface area contributed by atoms with E-state index < -0.39 is 11.9 Å². The first-order valence-electron chi connectivity index (χ1n) is 7.76. The molecule has 0 aliphatic heterocycles. The van der Waals surface area contributed by atoms with Gasteiger partial charge in [0.2, 0.25) is 0 Å². The van der Waals surface area contributed by atoms with Gasteiger partial charge in [-0.3, -0.25) is 9.59 Å². The van der Waals surface area contributed by atoms with Crippen LogP contribution in [0.15, 0.2) is 30.3 Å². The number of ketones is 1.